The summed E-state index contributed by atoms with van der Waals surface area (Å²) in [6.07, 6.45) is 5.35. The molecule has 1 aliphatic rings. The molecule has 0 fully saturated rings. The first kappa shape index (κ1) is 22.3. The van der Waals surface area contributed by atoms with E-state index in [1.807, 2.05) is 54.6 Å². The number of aromatic nitrogens is 2. The highest BCUT2D eigenvalue weighted by molar-refractivity contribution is 6.16. The van der Waals surface area contributed by atoms with Crippen LogP contribution in [0, 0.1) is 0 Å². The van der Waals surface area contributed by atoms with Gasteiger partial charge in [-0.25, -0.2) is 9.78 Å². The Hall–Kier alpha value is -3.87. The number of nitrogens with one attached hydrogen (secondary N) is 1. The minimum atomic E-state index is -0.474. The first-order valence-electron chi connectivity index (χ1n) is 10.9. The summed E-state index contributed by atoms with van der Waals surface area (Å²) < 4.78 is 16.3. The maximum atomic E-state index is 12.3. The summed E-state index contributed by atoms with van der Waals surface area (Å²) >= 11 is 0. The van der Waals surface area contributed by atoms with Crippen molar-refractivity contribution in [3.05, 3.63) is 83.2 Å². The van der Waals surface area contributed by atoms with Gasteiger partial charge < -0.3 is 19.5 Å². The zero-order valence-electron chi connectivity index (χ0n) is 18.8. The zero-order chi connectivity index (χ0) is 23.0. The zero-order valence-corrected chi connectivity index (χ0v) is 18.8. The number of esters is 1. The molecule has 1 aromatic heterocycles. The van der Waals surface area contributed by atoms with E-state index in [0.29, 0.717) is 23.0 Å². The molecule has 2 aromatic carbocycles. The number of carbonyl (C=O) groups is 1. The van der Waals surface area contributed by atoms with E-state index in [1.54, 1.807) is 0 Å². The monoisotopic (exact) mass is 445 g/mol. The van der Waals surface area contributed by atoms with Crippen LogP contribution >= 0.6 is 0 Å². The van der Waals surface area contributed by atoms with E-state index in [2.05, 4.69) is 10.3 Å². The third-order valence-corrected chi connectivity index (χ3v) is 5.49. The number of aryl methyl sites for hydroxylation is 1. The number of hydrogen-bond donors (Lipinski definition) is 1. The second kappa shape index (κ2) is 10.6. The molecule has 7 heteroatoms. The molecule has 3 aromatic rings. The van der Waals surface area contributed by atoms with E-state index in [9.17, 15) is 4.79 Å². The normalized spacial score (nSPS) is 13.1. The number of fused-ring (bicyclic) bond motifs is 1. The average molecular weight is 446 g/mol. The van der Waals surface area contributed by atoms with Gasteiger partial charge in [-0.15, -0.1) is 0 Å². The summed E-state index contributed by atoms with van der Waals surface area (Å²) in [5.41, 5.74) is 4.83. The van der Waals surface area contributed by atoms with Gasteiger partial charge in [-0.05, 0) is 48.9 Å². The molecule has 0 spiro atoms. The van der Waals surface area contributed by atoms with Gasteiger partial charge in [-0.1, -0.05) is 42.5 Å². The molecule has 4 rings (SSSR count). The number of nitrogens with zero attached hydrogens (tertiary/aromatic N) is 2. The topological polar surface area (TPSA) is 82.6 Å². The van der Waals surface area contributed by atoms with Gasteiger partial charge in [0.25, 0.3) is 0 Å². The van der Waals surface area contributed by atoms with Crippen LogP contribution in [0.5, 0.6) is 5.88 Å². The van der Waals surface area contributed by atoms with E-state index < -0.39 is 5.97 Å². The third-order valence-electron chi connectivity index (χ3n) is 5.49. The van der Waals surface area contributed by atoms with Crippen molar-refractivity contribution < 1.29 is 19.0 Å². The van der Waals surface area contributed by atoms with E-state index in [0.717, 1.165) is 48.2 Å². The van der Waals surface area contributed by atoms with Crippen LogP contribution in [0.3, 0.4) is 0 Å². The number of carbonyl (C=O) groups excluding carboxylic acids is 1. The molecule has 0 unspecified atom stereocenters. The second-order valence-electron chi connectivity index (χ2n) is 7.68. The first-order chi connectivity index (χ1) is 16.2. The molecule has 0 radical (unpaired) electrons. The molecule has 0 aliphatic heterocycles. The molecular weight excluding hydrogens is 418 g/mol. The molecule has 1 N–H and O–H groups in total. The predicted molar refractivity (Wildman–Crippen MR) is 126 cm³/mol. The number of hydrogen-bond acceptors (Lipinski definition) is 7. The highest BCUT2D eigenvalue weighted by Crippen LogP contribution is 2.30. The van der Waals surface area contributed by atoms with Gasteiger partial charge >= 0.3 is 5.97 Å². The second-order valence-corrected chi connectivity index (χ2v) is 7.68. The van der Waals surface area contributed by atoms with Crippen LogP contribution in [-0.2, 0) is 33.7 Å². The fourth-order valence-electron chi connectivity index (χ4n) is 3.89. The van der Waals surface area contributed by atoms with E-state index in [-0.39, 0.29) is 6.61 Å². The Morgan fingerprint density at radius 3 is 2.55 bits per heavy atom. The van der Waals surface area contributed by atoms with Gasteiger partial charge in [-0.3, -0.25) is 0 Å². The van der Waals surface area contributed by atoms with Crippen molar-refractivity contribution in [3.63, 3.8) is 0 Å². The minimum absolute atomic E-state index is 0.239. The molecule has 0 atom stereocenters. The smallest absolute Gasteiger partial charge is 0.341 e. The summed E-state index contributed by atoms with van der Waals surface area (Å²) in [7, 11) is 2.84. The maximum absolute atomic E-state index is 12.3. The van der Waals surface area contributed by atoms with Crippen molar-refractivity contribution in [1.82, 2.24) is 9.97 Å². The standard InChI is InChI=1S/C26H27N3O4/c1-31-17-22(25(30)32-2)20-13-7-6-10-18(20)16-33-24-21-14-8-9-15-23(21)28-26(29-24)27-19-11-4-3-5-12-19/h3-7,10-13,17H,8-9,14-16H2,1-2H3,(H,27,28,29)/b22-17-. The summed E-state index contributed by atoms with van der Waals surface area (Å²) in [6.45, 7) is 0.239. The predicted octanol–water partition coefficient (Wildman–Crippen LogP) is 4.84. The van der Waals surface area contributed by atoms with Gasteiger partial charge in [-0.2, -0.15) is 4.98 Å². The third kappa shape index (κ3) is 5.31. The van der Waals surface area contributed by atoms with Crippen LogP contribution in [0.1, 0.15) is 35.2 Å². The van der Waals surface area contributed by atoms with E-state index in [4.69, 9.17) is 19.2 Å². The van der Waals surface area contributed by atoms with Crippen molar-refractivity contribution in [2.45, 2.75) is 32.3 Å². The van der Waals surface area contributed by atoms with Crippen LogP contribution in [0.4, 0.5) is 11.6 Å². The SMILES string of the molecule is CO/C=C(\C(=O)OC)c1ccccc1COc1nc(Nc2ccccc2)nc2c1CCCC2. The van der Waals surface area contributed by atoms with E-state index >= 15 is 0 Å². The molecule has 0 saturated heterocycles. The molecule has 0 saturated carbocycles. The minimum Gasteiger partial charge on any atom is -0.503 e. The number of benzene rings is 2. The van der Waals surface area contributed by atoms with Gasteiger partial charge in [0.2, 0.25) is 11.8 Å². The van der Waals surface area contributed by atoms with Gasteiger partial charge in [0, 0.05) is 11.3 Å². The van der Waals surface area contributed by atoms with Crippen molar-refractivity contribution in [1.29, 1.82) is 0 Å². The molecule has 0 amide bonds. The number of methoxy groups -OCH3 is 2. The number of ether oxygens (including phenoxy) is 3. The quantitative estimate of drug-likeness (QED) is 0.302. The van der Waals surface area contributed by atoms with Crippen molar-refractivity contribution in [2.75, 3.05) is 19.5 Å². The average Bonchev–Trinajstić information content (AvgIpc) is 2.86. The maximum Gasteiger partial charge on any atom is 0.341 e. The summed E-state index contributed by atoms with van der Waals surface area (Å²) in [5, 5.41) is 3.27. The fourth-order valence-corrected chi connectivity index (χ4v) is 3.89. The lowest BCUT2D eigenvalue weighted by Crippen LogP contribution is -2.13. The largest absolute Gasteiger partial charge is 0.503 e. The Labute approximate surface area is 193 Å². The van der Waals surface area contributed by atoms with E-state index in [1.165, 1.54) is 20.5 Å². The molecule has 1 heterocycles. The van der Waals surface area contributed by atoms with Crippen LogP contribution in [0.15, 0.2) is 60.9 Å². The molecular formula is C26H27N3O4. The molecule has 33 heavy (non-hydrogen) atoms. The number of para-hydroxylation sites is 1. The Morgan fingerprint density at radius 2 is 1.76 bits per heavy atom. The number of anilines is 2. The Balaban J connectivity index is 1.63. The Bertz CT molecular complexity index is 1150. The van der Waals surface area contributed by atoms with Crippen molar-refractivity contribution in [3.8, 4) is 5.88 Å². The van der Waals surface area contributed by atoms with Crippen LogP contribution in [0.2, 0.25) is 0 Å². The Morgan fingerprint density at radius 1 is 1.00 bits per heavy atom. The van der Waals surface area contributed by atoms with Gasteiger partial charge in [0.05, 0.1) is 26.2 Å². The first-order valence-corrected chi connectivity index (χ1v) is 10.9. The highest BCUT2D eigenvalue weighted by atomic mass is 16.5. The van der Waals surface area contributed by atoms with Crippen LogP contribution in [-0.4, -0.2) is 30.2 Å². The van der Waals surface area contributed by atoms with Crippen molar-refractivity contribution in [2.24, 2.45) is 0 Å². The summed E-state index contributed by atoms with van der Waals surface area (Å²) in [5.74, 6) is 0.612. The summed E-state index contributed by atoms with van der Waals surface area (Å²) in [4.78, 5) is 21.7. The lowest BCUT2D eigenvalue weighted by Gasteiger charge is -2.20. The Kier molecular flexibility index (Phi) is 7.19. The van der Waals surface area contributed by atoms with Gasteiger partial charge in [0.1, 0.15) is 12.2 Å². The van der Waals surface area contributed by atoms with Crippen LogP contribution in [0.25, 0.3) is 5.57 Å². The van der Waals surface area contributed by atoms with Gasteiger partial charge in [0.15, 0.2) is 0 Å². The molecule has 1 aliphatic carbocycles. The molecule has 7 nitrogen and oxygen atoms in total. The molecule has 170 valence electrons. The molecule has 0 bridgehead atoms. The van der Waals surface area contributed by atoms with Crippen molar-refractivity contribution >= 4 is 23.2 Å². The highest BCUT2D eigenvalue weighted by Gasteiger charge is 2.21. The number of rotatable bonds is 8. The lowest BCUT2D eigenvalue weighted by atomic mass is 9.97. The fraction of sp³-hybridized carbons (Fsp3) is 0.269. The van der Waals surface area contributed by atoms with Crippen LogP contribution < -0.4 is 10.1 Å². The lowest BCUT2D eigenvalue weighted by molar-refractivity contribution is -0.133. The summed E-state index contributed by atoms with van der Waals surface area (Å²) in [6, 6.07) is 17.3.